The van der Waals surface area contributed by atoms with Gasteiger partial charge in [0.15, 0.2) is 17.2 Å². The van der Waals surface area contributed by atoms with Gasteiger partial charge < -0.3 is 15.4 Å². The molecule has 0 fully saturated rings. The van der Waals surface area contributed by atoms with Crippen molar-refractivity contribution in [3.8, 4) is 17.6 Å². The molecule has 0 aliphatic heterocycles. The van der Waals surface area contributed by atoms with E-state index in [0.29, 0.717) is 44.9 Å². The van der Waals surface area contributed by atoms with Crippen LogP contribution in [-0.4, -0.2) is 45.8 Å². The van der Waals surface area contributed by atoms with Crippen LogP contribution in [0, 0.1) is 17.1 Å². The van der Waals surface area contributed by atoms with Crippen LogP contribution in [0.25, 0.3) is 11.0 Å². The second-order valence-corrected chi connectivity index (χ2v) is 8.93. The Morgan fingerprint density at radius 2 is 2.14 bits per heavy atom. The minimum Gasteiger partial charge on any atom is -0.453 e. The number of aromatic nitrogens is 3. The first-order valence-electron chi connectivity index (χ1n) is 10.5. The molecule has 1 amide bonds. The number of ether oxygens (including phenoxy) is 1. The summed E-state index contributed by atoms with van der Waals surface area (Å²) in [5, 5.41) is 14.5. The van der Waals surface area contributed by atoms with Crippen LogP contribution in [0.15, 0.2) is 53.1 Å². The summed E-state index contributed by atoms with van der Waals surface area (Å²) < 4.78 is 22.9. The topological polar surface area (TPSA) is 110 Å². The van der Waals surface area contributed by atoms with Crippen molar-refractivity contribution in [2.75, 3.05) is 20.1 Å². The van der Waals surface area contributed by atoms with Crippen molar-refractivity contribution in [3.63, 3.8) is 0 Å². The number of rotatable bonds is 6. The second-order valence-electron chi connectivity index (χ2n) is 7.64. The van der Waals surface area contributed by atoms with E-state index in [4.69, 9.17) is 27.3 Å². The Kier molecular flexibility index (Phi) is 7.31. The minimum absolute atomic E-state index is 0.0609. The minimum atomic E-state index is -0.615. The molecule has 0 aliphatic rings. The lowest BCUT2D eigenvalue weighted by Crippen LogP contribution is -2.35. The van der Waals surface area contributed by atoms with E-state index >= 15 is 4.39 Å². The lowest BCUT2D eigenvalue weighted by molar-refractivity contribution is 0.209. The first kappa shape index (κ1) is 24.6. The SMILES string of the molecule is CN(CCN)C(=O)n1nc(Cc2ccc(Br)c(Oc3cc(Cl)cc(C#N)c3)c2F)c2cccnc21. The van der Waals surface area contributed by atoms with Gasteiger partial charge in [0.25, 0.3) is 0 Å². The number of carbonyl (C=O) groups is 1. The number of nitrogens with two attached hydrogens (primary N) is 1. The molecule has 0 atom stereocenters. The molecule has 0 radical (unpaired) electrons. The van der Waals surface area contributed by atoms with Crippen LogP contribution in [0.3, 0.4) is 0 Å². The van der Waals surface area contributed by atoms with E-state index in [2.05, 4.69) is 26.0 Å². The van der Waals surface area contributed by atoms with Crippen molar-refractivity contribution < 1.29 is 13.9 Å². The van der Waals surface area contributed by atoms with Gasteiger partial charge in [0, 0.05) is 43.2 Å². The molecular weight excluding hydrogens is 539 g/mol. The average molecular weight is 558 g/mol. The van der Waals surface area contributed by atoms with Gasteiger partial charge in [-0.05, 0) is 57.9 Å². The summed E-state index contributed by atoms with van der Waals surface area (Å²) in [7, 11) is 1.62. The molecule has 0 aliphatic carbocycles. The summed E-state index contributed by atoms with van der Waals surface area (Å²) in [6.07, 6.45) is 1.64. The van der Waals surface area contributed by atoms with Gasteiger partial charge in [0.1, 0.15) is 5.75 Å². The molecule has 8 nitrogen and oxygen atoms in total. The largest absolute Gasteiger partial charge is 0.453 e. The van der Waals surface area contributed by atoms with Crippen molar-refractivity contribution in [1.29, 1.82) is 5.26 Å². The number of fused-ring (bicyclic) bond motifs is 1. The lowest BCUT2D eigenvalue weighted by atomic mass is 10.1. The summed E-state index contributed by atoms with van der Waals surface area (Å²) >= 11 is 9.37. The van der Waals surface area contributed by atoms with E-state index in [-0.39, 0.29) is 29.5 Å². The molecule has 0 bridgehead atoms. The summed E-state index contributed by atoms with van der Waals surface area (Å²) in [6, 6.07) is 12.8. The van der Waals surface area contributed by atoms with Crippen molar-refractivity contribution in [2.24, 2.45) is 5.73 Å². The number of amides is 1. The number of benzene rings is 2. The first-order valence-corrected chi connectivity index (χ1v) is 11.6. The molecule has 2 N–H and O–H groups in total. The molecule has 11 heteroatoms. The number of carbonyl (C=O) groups excluding carboxylic acids is 1. The van der Waals surface area contributed by atoms with Gasteiger partial charge in [0.05, 0.1) is 21.8 Å². The summed E-state index contributed by atoms with van der Waals surface area (Å²) in [5.41, 5.74) is 6.99. The smallest absolute Gasteiger partial charge is 0.346 e. The molecule has 4 aromatic rings. The van der Waals surface area contributed by atoms with Gasteiger partial charge in [-0.25, -0.2) is 14.2 Å². The van der Waals surface area contributed by atoms with E-state index in [0.717, 1.165) is 0 Å². The molecule has 2 aromatic carbocycles. The highest BCUT2D eigenvalue weighted by atomic mass is 79.9. The quantitative estimate of drug-likeness (QED) is 0.353. The highest BCUT2D eigenvalue weighted by molar-refractivity contribution is 9.10. The maximum Gasteiger partial charge on any atom is 0.346 e. The zero-order chi connectivity index (χ0) is 25.1. The third-order valence-electron chi connectivity index (χ3n) is 5.20. The Labute approximate surface area is 213 Å². The Bertz CT molecular complexity index is 1470. The van der Waals surface area contributed by atoms with Crippen molar-refractivity contribution in [2.45, 2.75) is 6.42 Å². The van der Waals surface area contributed by atoms with Gasteiger partial charge in [0.2, 0.25) is 0 Å². The van der Waals surface area contributed by atoms with Crippen LogP contribution in [0.2, 0.25) is 5.02 Å². The first-order chi connectivity index (χ1) is 16.8. The third kappa shape index (κ3) is 5.12. The Balaban J connectivity index is 1.72. The molecule has 0 saturated heterocycles. The number of pyridine rings is 1. The molecule has 35 heavy (non-hydrogen) atoms. The van der Waals surface area contributed by atoms with E-state index in [9.17, 15) is 4.79 Å². The second kappa shape index (κ2) is 10.4. The van der Waals surface area contributed by atoms with Crippen molar-refractivity contribution in [3.05, 3.63) is 80.8 Å². The number of halogens is 3. The predicted molar refractivity (Wildman–Crippen MR) is 133 cm³/mol. The van der Waals surface area contributed by atoms with Crippen molar-refractivity contribution >= 4 is 44.6 Å². The molecular formula is C24H19BrClFN6O2. The number of nitriles is 1. The molecule has 4 rings (SSSR count). The summed E-state index contributed by atoms with van der Waals surface area (Å²) in [5.74, 6) is -0.455. The third-order valence-corrected chi connectivity index (χ3v) is 6.04. The maximum absolute atomic E-state index is 15.6. The summed E-state index contributed by atoms with van der Waals surface area (Å²) in [6.45, 7) is 0.651. The zero-order valence-corrected chi connectivity index (χ0v) is 20.8. The van der Waals surface area contributed by atoms with E-state index in [1.807, 2.05) is 6.07 Å². The highest BCUT2D eigenvalue weighted by Crippen LogP contribution is 2.36. The van der Waals surface area contributed by atoms with Crippen LogP contribution >= 0.6 is 27.5 Å². The van der Waals surface area contributed by atoms with Gasteiger partial charge >= 0.3 is 6.03 Å². The van der Waals surface area contributed by atoms with E-state index in [1.165, 1.54) is 27.8 Å². The normalized spacial score (nSPS) is 10.9. The highest BCUT2D eigenvalue weighted by Gasteiger charge is 2.22. The standard InChI is InChI=1S/C24H19BrClFN6O2/c1-32(8-6-28)24(34)33-23-18(3-2-7-30-23)20(31-33)11-15-4-5-19(25)22(21(15)27)35-17-10-14(13-29)9-16(26)12-17/h2-5,7,9-10,12H,6,8,11,28H2,1H3. The number of likely N-dealkylation sites (N-methyl/N-ethyl adjacent to an activating group) is 1. The fraction of sp³-hybridized carbons (Fsp3) is 0.167. The molecule has 2 aromatic heterocycles. The lowest BCUT2D eigenvalue weighted by Gasteiger charge is -2.15. The zero-order valence-electron chi connectivity index (χ0n) is 18.5. The number of hydrogen-bond acceptors (Lipinski definition) is 6. The van der Waals surface area contributed by atoms with Gasteiger partial charge in [-0.1, -0.05) is 17.7 Å². The molecule has 2 heterocycles. The molecule has 0 saturated carbocycles. The predicted octanol–water partition coefficient (Wildman–Crippen LogP) is 5.10. The van der Waals surface area contributed by atoms with Crippen LogP contribution < -0.4 is 10.5 Å². The maximum atomic E-state index is 15.6. The molecule has 0 unspecified atom stereocenters. The molecule has 178 valence electrons. The van der Waals surface area contributed by atoms with E-state index < -0.39 is 5.82 Å². The van der Waals surface area contributed by atoms with Crippen LogP contribution in [-0.2, 0) is 6.42 Å². The number of nitrogens with zero attached hydrogens (tertiary/aromatic N) is 5. The van der Waals surface area contributed by atoms with Gasteiger partial charge in [-0.3, -0.25) is 0 Å². The Morgan fingerprint density at radius 3 is 2.89 bits per heavy atom. The van der Waals surface area contributed by atoms with Crippen LogP contribution in [0.1, 0.15) is 16.8 Å². The van der Waals surface area contributed by atoms with Crippen molar-refractivity contribution in [1.82, 2.24) is 19.7 Å². The molecule has 0 spiro atoms. The van der Waals surface area contributed by atoms with Gasteiger partial charge in [-0.2, -0.15) is 15.0 Å². The Morgan fingerprint density at radius 1 is 1.34 bits per heavy atom. The number of hydrogen-bond donors (Lipinski definition) is 1. The fourth-order valence-electron chi connectivity index (χ4n) is 3.52. The fourth-order valence-corrected chi connectivity index (χ4v) is 4.13. The van der Waals surface area contributed by atoms with Gasteiger partial charge in [-0.15, -0.1) is 0 Å². The van der Waals surface area contributed by atoms with E-state index in [1.54, 1.807) is 37.5 Å². The average Bonchev–Trinajstić information content (AvgIpc) is 3.21. The van der Waals surface area contributed by atoms with Crippen LogP contribution in [0.4, 0.5) is 9.18 Å². The van der Waals surface area contributed by atoms with Crippen LogP contribution in [0.5, 0.6) is 11.5 Å². The summed E-state index contributed by atoms with van der Waals surface area (Å²) in [4.78, 5) is 18.6. The Hall–Kier alpha value is -3.52. The monoisotopic (exact) mass is 556 g/mol.